The van der Waals surface area contributed by atoms with Gasteiger partial charge in [-0.1, -0.05) is 6.92 Å². The van der Waals surface area contributed by atoms with Gasteiger partial charge in [-0.3, -0.25) is 4.79 Å². The van der Waals surface area contributed by atoms with E-state index in [1.807, 2.05) is 11.3 Å². The maximum Gasteiger partial charge on any atom is 0.146 e. The number of rotatable bonds is 2. The summed E-state index contributed by atoms with van der Waals surface area (Å²) in [6, 6.07) is 2.16. The van der Waals surface area contributed by atoms with Crippen molar-refractivity contribution in [1.29, 1.82) is 0 Å². The normalized spacial score (nSPS) is 38.2. The number of Topliss-reactive ketones (excluding diaryl/α,β-unsaturated/α-hetero) is 1. The molecule has 2 heterocycles. The summed E-state index contributed by atoms with van der Waals surface area (Å²) in [7, 11) is 0. The predicted octanol–water partition coefficient (Wildman–Crippen LogP) is 3.80. The monoisotopic (exact) mass is 278 g/mol. The Balaban J connectivity index is 1.86. The molecule has 104 valence electrons. The number of ether oxygens (including phenoxy) is 1. The molecule has 0 bridgehead atoms. The first-order valence-corrected chi connectivity index (χ1v) is 8.23. The maximum atomic E-state index is 13.0. The zero-order valence-electron chi connectivity index (χ0n) is 11.9. The first-order chi connectivity index (χ1) is 9.09. The Morgan fingerprint density at radius 1 is 1.32 bits per heavy atom. The highest BCUT2D eigenvalue weighted by molar-refractivity contribution is 7.10. The smallest absolute Gasteiger partial charge is 0.146 e. The molecule has 5 atom stereocenters. The zero-order valence-corrected chi connectivity index (χ0v) is 12.7. The van der Waals surface area contributed by atoms with Crippen molar-refractivity contribution in [2.75, 3.05) is 0 Å². The molecule has 1 fully saturated rings. The first kappa shape index (κ1) is 13.3. The van der Waals surface area contributed by atoms with E-state index in [0.717, 1.165) is 19.3 Å². The Morgan fingerprint density at radius 2 is 2.11 bits per heavy atom. The Bertz CT molecular complexity index is 479. The van der Waals surface area contributed by atoms with Crippen molar-refractivity contribution < 1.29 is 9.53 Å². The van der Waals surface area contributed by atoms with Gasteiger partial charge in [0.25, 0.3) is 0 Å². The van der Waals surface area contributed by atoms with E-state index in [0.29, 0.717) is 11.7 Å². The lowest BCUT2D eigenvalue weighted by Crippen LogP contribution is -2.32. The van der Waals surface area contributed by atoms with Crippen LogP contribution in [0.4, 0.5) is 0 Å². The Morgan fingerprint density at radius 3 is 2.79 bits per heavy atom. The average Bonchev–Trinajstić information content (AvgIpc) is 2.94. The molecule has 2 aliphatic rings. The number of hydrogen-bond donors (Lipinski definition) is 0. The number of carbonyl (C=O) groups is 1. The van der Waals surface area contributed by atoms with Crippen LogP contribution in [0.5, 0.6) is 0 Å². The third-order valence-corrected chi connectivity index (χ3v) is 5.96. The predicted molar refractivity (Wildman–Crippen MR) is 77.7 cm³/mol. The fourth-order valence-electron chi connectivity index (χ4n) is 3.77. The van der Waals surface area contributed by atoms with Crippen molar-refractivity contribution in [1.82, 2.24) is 0 Å². The summed E-state index contributed by atoms with van der Waals surface area (Å²) in [6.45, 7) is 6.30. The number of ketones is 1. The van der Waals surface area contributed by atoms with Crippen LogP contribution in [0.1, 0.15) is 50.0 Å². The minimum atomic E-state index is 0.0708. The van der Waals surface area contributed by atoms with Gasteiger partial charge in [-0.05, 0) is 56.0 Å². The number of carbonyl (C=O) groups excluding carboxylic acids is 1. The fraction of sp³-hybridized carbons (Fsp3) is 0.688. The van der Waals surface area contributed by atoms with Crippen LogP contribution < -0.4 is 0 Å². The molecule has 1 saturated heterocycles. The highest BCUT2D eigenvalue weighted by Gasteiger charge is 2.44. The van der Waals surface area contributed by atoms with Gasteiger partial charge in [-0.15, -0.1) is 11.3 Å². The van der Waals surface area contributed by atoms with Gasteiger partial charge in [0.05, 0.1) is 12.2 Å². The lowest BCUT2D eigenvalue weighted by Gasteiger charge is -2.27. The van der Waals surface area contributed by atoms with Gasteiger partial charge in [-0.25, -0.2) is 0 Å². The summed E-state index contributed by atoms with van der Waals surface area (Å²) < 4.78 is 5.85. The third kappa shape index (κ3) is 2.17. The summed E-state index contributed by atoms with van der Waals surface area (Å²) >= 11 is 1.81. The second-order valence-electron chi connectivity index (χ2n) is 6.08. The van der Waals surface area contributed by atoms with Crippen molar-refractivity contribution in [3.8, 4) is 0 Å². The molecule has 1 aliphatic carbocycles. The molecule has 0 N–H and O–H groups in total. The van der Waals surface area contributed by atoms with Gasteiger partial charge in [-0.2, -0.15) is 0 Å². The summed E-state index contributed by atoms with van der Waals surface area (Å²) in [4.78, 5) is 14.4. The summed E-state index contributed by atoms with van der Waals surface area (Å²) in [6.07, 6.45) is 3.60. The van der Waals surface area contributed by atoms with E-state index in [-0.39, 0.29) is 24.0 Å². The summed E-state index contributed by atoms with van der Waals surface area (Å²) in [5, 5.41) is 2.14. The molecule has 0 aromatic carbocycles. The van der Waals surface area contributed by atoms with Gasteiger partial charge < -0.3 is 4.74 Å². The van der Waals surface area contributed by atoms with Crippen LogP contribution in [0.2, 0.25) is 0 Å². The number of hydrogen-bond acceptors (Lipinski definition) is 3. The Kier molecular flexibility index (Phi) is 3.52. The molecule has 1 aromatic heterocycles. The lowest BCUT2D eigenvalue weighted by atomic mass is 9.75. The van der Waals surface area contributed by atoms with Crippen molar-refractivity contribution in [2.24, 2.45) is 11.8 Å². The highest BCUT2D eigenvalue weighted by atomic mass is 32.1. The van der Waals surface area contributed by atoms with Crippen molar-refractivity contribution >= 4 is 17.1 Å². The molecule has 0 spiro atoms. The average molecular weight is 278 g/mol. The van der Waals surface area contributed by atoms with Crippen LogP contribution in [0.3, 0.4) is 0 Å². The third-order valence-electron chi connectivity index (χ3n) is 4.97. The van der Waals surface area contributed by atoms with Gasteiger partial charge in [0.2, 0.25) is 0 Å². The topological polar surface area (TPSA) is 26.3 Å². The van der Waals surface area contributed by atoms with Crippen molar-refractivity contribution in [3.63, 3.8) is 0 Å². The standard InChI is InChI=1S/C16H22O2S/c1-9-10(2)18-11(3)15(9)16(17)13-5-4-6-14-12(13)7-8-19-14/h7-11,13,15H,4-6H2,1-3H3. The fourth-order valence-corrected chi connectivity index (χ4v) is 4.76. The molecule has 2 nitrogen and oxygen atoms in total. The minimum absolute atomic E-state index is 0.0708. The minimum Gasteiger partial charge on any atom is -0.375 e. The van der Waals surface area contributed by atoms with E-state index in [1.165, 1.54) is 10.4 Å². The van der Waals surface area contributed by atoms with E-state index in [2.05, 4.69) is 32.2 Å². The molecule has 1 aliphatic heterocycles. The molecule has 0 saturated carbocycles. The Labute approximate surface area is 119 Å². The van der Waals surface area contributed by atoms with Crippen molar-refractivity contribution in [2.45, 2.75) is 58.2 Å². The number of aryl methyl sites for hydroxylation is 1. The largest absolute Gasteiger partial charge is 0.375 e. The van der Waals surface area contributed by atoms with Gasteiger partial charge in [0, 0.05) is 16.7 Å². The highest BCUT2D eigenvalue weighted by Crippen LogP contribution is 2.41. The maximum absolute atomic E-state index is 13.0. The van der Waals surface area contributed by atoms with Crippen LogP contribution in [-0.2, 0) is 16.0 Å². The van der Waals surface area contributed by atoms with Crippen molar-refractivity contribution in [3.05, 3.63) is 21.9 Å². The molecular weight excluding hydrogens is 256 g/mol. The first-order valence-electron chi connectivity index (χ1n) is 7.35. The molecule has 0 radical (unpaired) electrons. The SMILES string of the molecule is CC1OC(C)C(C(=O)C2CCCc3sccc32)C1C. The lowest BCUT2D eigenvalue weighted by molar-refractivity contribution is -0.126. The summed E-state index contributed by atoms with van der Waals surface area (Å²) in [5.41, 5.74) is 1.31. The van der Waals surface area contributed by atoms with E-state index in [9.17, 15) is 4.79 Å². The molecule has 19 heavy (non-hydrogen) atoms. The van der Waals surface area contributed by atoms with Crippen LogP contribution in [-0.4, -0.2) is 18.0 Å². The van der Waals surface area contributed by atoms with Crippen LogP contribution >= 0.6 is 11.3 Å². The molecule has 3 rings (SSSR count). The van der Waals surface area contributed by atoms with E-state index < -0.39 is 0 Å². The molecule has 3 heteroatoms. The van der Waals surface area contributed by atoms with Gasteiger partial charge in [0.1, 0.15) is 5.78 Å². The van der Waals surface area contributed by atoms with E-state index in [4.69, 9.17) is 4.74 Å². The molecule has 0 amide bonds. The zero-order chi connectivity index (χ0) is 13.6. The summed E-state index contributed by atoms with van der Waals surface area (Å²) in [5.74, 6) is 0.958. The Hall–Kier alpha value is -0.670. The molecule has 5 unspecified atom stereocenters. The van der Waals surface area contributed by atoms with Crippen LogP contribution in [0, 0.1) is 11.8 Å². The second-order valence-corrected chi connectivity index (χ2v) is 7.08. The molecule has 1 aromatic rings. The van der Waals surface area contributed by atoms with Gasteiger partial charge >= 0.3 is 0 Å². The van der Waals surface area contributed by atoms with E-state index in [1.54, 1.807) is 0 Å². The molecular formula is C16H22O2S. The van der Waals surface area contributed by atoms with Crippen LogP contribution in [0.15, 0.2) is 11.4 Å². The second kappa shape index (κ2) is 5.02. The van der Waals surface area contributed by atoms with Gasteiger partial charge in [0.15, 0.2) is 0 Å². The quantitative estimate of drug-likeness (QED) is 0.822. The van der Waals surface area contributed by atoms with E-state index >= 15 is 0 Å². The number of fused-ring (bicyclic) bond motifs is 1. The van der Waals surface area contributed by atoms with Crippen LogP contribution in [0.25, 0.3) is 0 Å². The number of thiophene rings is 1.